The van der Waals surface area contributed by atoms with E-state index in [0.717, 1.165) is 5.56 Å². The summed E-state index contributed by atoms with van der Waals surface area (Å²) in [7, 11) is 0. The van der Waals surface area contributed by atoms with Crippen molar-refractivity contribution in [3.8, 4) is 0 Å². The summed E-state index contributed by atoms with van der Waals surface area (Å²) in [5.41, 5.74) is 0.735. The lowest BCUT2D eigenvalue weighted by Gasteiger charge is -2.37. The second-order valence-electron chi connectivity index (χ2n) is 4.55. The third kappa shape index (κ3) is 2.99. The van der Waals surface area contributed by atoms with E-state index >= 15 is 0 Å². The van der Waals surface area contributed by atoms with Crippen molar-refractivity contribution in [2.75, 3.05) is 0 Å². The zero-order valence-corrected chi connectivity index (χ0v) is 10.1. The normalized spacial score (nSPS) is 35.1. The number of ether oxygens (including phenoxy) is 1. The fraction of sp³-hybridized carbons (Fsp3) is 0.462. The van der Waals surface area contributed by atoms with E-state index in [4.69, 9.17) is 4.74 Å². The second-order valence-corrected chi connectivity index (χ2v) is 4.55. The first-order valence-electron chi connectivity index (χ1n) is 5.95. The number of Topliss-reactive ketones (excluding diaryl/α,β-unsaturated/α-hetero) is 1. The minimum absolute atomic E-state index is 0.0120. The Morgan fingerprint density at radius 3 is 2.26 bits per heavy atom. The Hall–Kier alpha value is -1.31. The standard InChI is InChI=1S/C13H16O6/c14-8(6-7-4-2-1-3-5-7)12-10(16)9(15)11(17)13(18)19-12/h1-5,9-13,15-18H,6H2/t9-,10-,11+,12+,13-/m0/s1. The van der Waals surface area contributed by atoms with Crippen molar-refractivity contribution in [1.82, 2.24) is 0 Å². The summed E-state index contributed by atoms with van der Waals surface area (Å²) >= 11 is 0. The van der Waals surface area contributed by atoms with Gasteiger partial charge in [0.1, 0.15) is 24.4 Å². The summed E-state index contributed by atoms with van der Waals surface area (Å²) in [5, 5.41) is 37.9. The molecule has 1 aliphatic rings. The van der Waals surface area contributed by atoms with Gasteiger partial charge in [-0.3, -0.25) is 4.79 Å². The zero-order chi connectivity index (χ0) is 14.0. The molecule has 0 spiro atoms. The van der Waals surface area contributed by atoms with Crippen LogP contribution in [-0.2, 0) is 16.0 Å². The number of carbonyl (C=O) groups excluding carboxylic acids is 1. The third-order valence-electron chi connectivity index (χ3n) is 3.13. The number of ketones is 1. The maximum atomic E-state index is 12.0. The molecule has 1 fully saturated rings. The lowest BCUT2D eigenvalue weighted by Crippen LogP contribution is -2.59. The number of hydrogen-bond acceptors (Lipinski definition) is 6. The van der Waals surface area contributed by atoms with Crippen LogP contribution >= 0.6 is 0 Å². The number of aliphatic hydroxyl groups excluding tert-OH is 4. The Morgan fingerprint density at radius 1 is 1.00 bits per heavy atom. The van der Waals surface area contributed by atoms with Crippen molar-refractivity contribution < 1.29 is 30.0 Å². The van der Waals surface area contributed by atoms with Crippen LogP contribution < -0.4 is 0 Å². The topological polar surface area (TPSA) is 107 Å². The van der Waals surface area contributed by atoms with Crippen molar-refractivity contribution in [1.29, 1.82) is 0 Å². The maximum Gasteiger partial charge on any atom is 0.184 e. The molecule has 6 nitrogen and oxygen atoms in total. The first-order valence-corrected chi connectivity index (χ1v) is 5.95. The van der Waals surface area contributed by atoms with E-state index in [1.165, 1.54) is 0 Å². The van der Waals surface area contributed by atoms with Crippen LogP contribution in [0.5, 0.6) is 0 Å². The molecule has 0 radical (unpaired) electrons. The van der Waals surface area contributed by atoms with Gasteiger partial charge in [0, 0.05) is 6.42 Å². The van der Waals surface area contributed by atoms with Crippen molar-refractivity contribution >= 4 is 5.78 Å². The first-order chi connectivity index (χ1) is 9.00. The van der Waals surface area contributed by atoms with E-state index in [9.17, 15) is 25.2 Å². The van der Waals surface area contributed by atoms with Crippen molar-refractivity contribution in [3.05, 3.63) is 35.9 Å². The van der Waals surface area contributed by atoms with Crippen LogP contribution in [0, 0.1) is 0 Å². The van der Waals surface area contributed by atoms with Crippen molar-refractivity contribution in [2.24, 2.45) is 0 Å². The van der Waals surface area contributed by atoms with Crippen LogP contribution in [0.4, 0.5) is 0 Å². The lowest BCUT2D eigenvalue weighted by molar-refractivity contribution is -0.275. The fourth-order valence-electron chi connectivity index (χ4n) is 2.02. The van der Waals surface area contributed by atoms with E-state index in [0.29, 0.717) is 0 Å². The van der Waals surface area contributed by atoms with Gasteiger partial charge in [-0.2, -0.15) is 0 Å². The molecule has 1 saturated heterocycles. The molecule has 0 bridgehead atoms. The van der Waals surface area contributed by atoms with Gasteiger partial charge in [0.25, 0.3) is 0 Å². The van der Waals surface area contributed by atoms with E-state index in [2.05, 4.69) is 0 Å². The van der Waals surface area contributed by atoms with Gasteiger partial charge in [0.05, 0.1) is 0 Å². The van der Waals surface area contributed by atoms with Gasteiger partial charge in [-0.1, -0.05) is 30.3 Å². The summed E-state index contributed by atoms with van der Waals surface area (Å²) in [5.74, 6) is -0.469. The Kier molecular flexibility index (Phi) is 4.28. The molecule has 0 aromatic heterocycles. The molecule has 1 aromatic rings. The Labute approximate surface area is 109 Å². The van der Waals surface area contributed by atoms with E-state index in [1.807, 2.05) is 6.07 Å². The molecule has 4 N–H and O–H groups in total. The number of hydrogen-bond donors (Lipinski definition) is 4. The smallest absolute Gasteiger partial charge is 0.184 e. The van der Waals surface area contributed by atoms with E-state index < -0.39 is 36.5 Å². The van der Waals surface area contributed by atoms with E-state index in [-0.39, 0.29) is 6.42 Å². The van der Waals surface area contributed by atoms with Gasteiger partial charge >= 0.3 is 0 Å². The largest absolute Gasteiger partial charge is 0.387 e. The summed E-state index contributed by atoms with van der Waals surface area (Å²) in [4.78, 5) is 12.0. The highest BCUT2D eigenvalue weighted by Crippen LogP contribution is 2.21. The van der Waals surface area contributed by atoms with Gasteiger partial charge < -0.3 is 25.2 Å². The van der Waals surface area contributed by atoms with Crippen molar-refractivity contribution in [3.63, 3.8) is 0 Å². The SMILES string of the molecule is O=C(Cc1ccccc1)[C@H]1O[C@H](O)[C@H](O)[C@@H](O)[C@@H]1O. The summed E-state index contributed by atoms with van der Waals surface area (Å²) < 4.78 is 4.86. The van der Waals surface area contributed by atoms with Gasteiger partial charge in [-0.15, -0.1) is 0 Å². The fourth-order valence-corrected chi connectivity index (χ4v) is 2.02. The predicted octanol–water partition coefficient (Wildman–Crippen LogP) is -1.40. The highest BCUT2D eigenvalue weighted by Gasteiger charge is 2.45. The summed E-state index contributed by atoms with van der Waals surface area (Å²) in [6, 6.07) is 8.84. The third-order valence-corrected chi connectivity index (χ3v) is 3.13. The zero-order valence-electron chi connectivity index (χ0n) is 10.1. The number of carbonyl (C=O) groups is 1. The second kappa shape index (κ2) is 5.77. The molecule has 0 unspecified atom stereocenters. The molecule has 0 saturated carbocycles. The quantitative estimate of drug-likeness (QED) is 0.537. The van der Waals surface area contributed by atoms with Crippen LogP contribution in [0.2, 0.25) is 0 Å². The minimum Gasteiger partial charge on any atom is -0.387 e. The molecule has 5 atom stereocenters. The molecule has 6 heteroatoms. The molecule has 2 rings (SSSR count). The number of rotatable bonds is 3. The molecular weight excluding hydrogens is 252 g/mol. The van der Waals surface area contributed by atoms with Gasteiger partial charge in [0.2, 0.25) is 0 Å². The monoisotopic (exact) mass is 268 g/mol. The van der Waals surface area contributed by atoms with Crippen LogP contribution in [0.1, 0.15) is 5.56 Å². The molecule has 19 heavy (non-hydrogen) atoms. The Bertz CT molecular complexity index is 434. The lowest BCUT2D eigenvalue weighted by atomic mass is 9.93. The van der Waals surface area contributed by atoms with Crippen LogP contribution in [0.3, 0.4) is 0 Å². The van der Waals surface area contributed by atoms with Gasteiger partial charge in [-0.05, 0) is 5.56 Å². The van der Waals surface area contributed by atoms with E-state index in [1.54, 1.807) is 24.3 Å². The molecule has 0 amide bonds. The van der Waals surface area contributed by atoms with Crippen LogP contribution in [-0.4, -0.2) is 56.9 Å². The Morgan fingerprint density at radius 2 is 1.63 bits per heavy atom. The van der Waals surface area contributed by atoms with Crippen LogP contribution in [0.15, 0.2) is 30.3 Å². The average Bonchev–Trinajstić information content (AvgIpc) is 2.41. The maximum absolute atomic E-state index is 12.0. The molecule has 1 heterocycles. The molecular formula is C13H16O6. The summed E-state index contributed by atoms with van der Waals surface area (Å²) in [6.45, 7) is 0. The first kappa shape index (κ1) is 14.1. The average molecular weight is 268 g/mol. The summed E-state index contributed by atoms with van der Waals surface area (Å²) in [6.07, 6.45) is -7.84. The number of aliphatic hydroxyl groups is 4. The minimum atomic E-state index is -1.69. The highest BCUT2D eigenvalue weighted by atomic mass is 16.6. The molecule has 104 valence electrons. The molecule has 0 aliphatic carbocycles. The predicted molar refractivity (Wildman–Crippen MR) is 64.1 cm³/mol. The molecule has 1 aromatic carbocycles. The molecule has 1 aliphatic heterocycles. The highest BCUT2D eigenvalue weighted by molar-refractivity contribution is 5.86. The Balaban J connectivity index is 2.06. The number of benzene rings is 1. The van der Waals surface area contributed by atoms with Crippen molar-refractivity contribution in [2.45, 2.75) is 37.1 Å². The van der Waals surface area contributed by atoms with Gasteiger partial charge in [-0.25, -0.2) is 0 Å². The van der Waals surface area contributed by atoms with Crippen LogP contribution in [0.25, 0.3) is 0 Å². The van der Waals surface area contributed by atoms with Gasteiger partial charge in [0.15, 0.2) is 12.1 Å².